The molecule has 0 amide bonds. The Bertz CT molecular complexity index is 249. The fraction of sp³-hybridized carbons (Fsp3) is 0.750. The predicted molar refractivity (Wildman–Crippen MR) is 65.4 cm³/mol. The van der Waals surface area contributed by atoms with Gasteiger partial charge in [-0.1, -0.05) is 6.92 Å². The molecule has 1 atom stereocenters. The second-order valence-corrected chi connectivity index (χ2v) is 4.02. The van der Waals surface area contributed by atoms with E-state index in [-0.39, 0.29) is 0 Å². The summed E-state index contributed by atoms with van der Waals surface area (Å²) in [7, 11) is 1.75. The van der Waals surface area contributed by atoms with Gasteiger partial charge in [-0.05, 0) is 25.8 Å². The maximum Gasteiger partial charge on any atom is 0.0945 e. The van der Waals surface area contributed by atoms with Crippen molar-refractivity contribution in [3.8, 4) is 0 Å². The molecule has 1 N–H and O–H groups in total. The van der Waals surface area contributed by atoms with E-state index in [0.717, 1.165) is 26.1 Å². The van der Waals surface area contributed by atoms with Crippen molar-refractivity contribution in [2.45, 2.75) is 38.8 Å². The summed E-state index contributed by atoms with van der Waals surface area (Å²) >= 11 is 0. The molecular weight excluding hydrogens is 202 g/mol. The van der Waals surface area contributed by atoms with Gasteiger partial charge < -0.3 is 14.6 Å². The molecule has 0 aliphatic carbocycles. The number of rotatable bonds is 9. The molecule has 0 fully saturated rings. The summed E-state index contributed by atoms with van der Waals surface area (Å²) in [6.07, 6.45) is 9.20. The van der Waals surface area contributed by atoms with Gasteiger partial charge in [0.25, 0.3) is 0 Å². The normalized spacial score (nSPS) is 12.9. The molecule has 0 radical (unpaired) electrons. The summed E-state index contributed by atoms with van der Waals surface area (Å²) in [5.74, 6) is 0. The Morgan fingerprint density at radius 3 is 2.94 bits per heavy atom. The largest absolute Gasteiger partial charge is 0.383 e. The highest BCUT2D eigenvalue weighted by Gasteiger charge is 2.03. The highest BCUT2D eigenvalue weighted by molar-refractivity contribution is 4.73. The lowest BCUT2D eigenvalue weighted by Crippen LogP contribution is -2.33. The van der Waals surface area contributed by atoms with Crippen molar-refractivity contribution in [3.05, 3.63) is 18.7 Å². The minimum atomic E-state index is 0.498. The standard InChI is InChI=1S/C12H23N3O/c1-3-12(10-16-2)14-6-4-5-8-15-9-7-13-11-15/h7,9,11-12,14H,3-6,8,10H2,1-2H3. The molecule has 4 nitrogen and oxygen atoms in total. The van der Waals surface area contributed by atoms with E-state index in [1.54, 1.807) is 7.11 Å². The number of aromatic nitrogens is 2. The number of imidazole rings is 1. The van der Waals surface area contributed by atoms with Gasteiger partial charge in [0.2, 0.25) is 0 Å². The van der Waals surface area contributed by atoms with Crippen molar-refractivity contribution < 1.29 is 4.74 Å². The molecule has 1 heterocycles. The number of methoxy groups -OCH3 is 1. The van der Waals surface area contributed by atoms with Gasteiger partial charge in [-0.3, -0.25) is 0 Å². The minimum Gasteiger partial charge on any atom is -0.383 e. The minimum absolute atomic E-state index is 0.498. The third-order valence-electron chi connectivity index (χ3n) is 2.70. The molecule has 4 heteroatoms. The van der Waals surface area contributed by atoms with Crippen molar-refractivity contribution in [1.29, 1.82) is 0 Å². The maximum absolute atomic E-state index is 5.14. The Balaban J connectivity index is 1.98. The van der Waals surface area contributed by atoms with Crippen molar-refractivity contribution in [2.24, 2.45) is 0 Å². The first-order valence-corrected chi connectivity index (χ1v) is 6.05. The fourth-order valence-corrected chi connectivity index (χ4v) is 1.67. The molecule has 0 aromatic carbocycles. The van der Waals surface area contributed by atoms with Crippen LogP contribution < -0.4 is 5.32 Å². The first kappa shape index (κ1) is 13.2. The molecule has 0 bridgehead atoms. The third kappa shape index (κ3) is 5.28. The van der Waals surface area contributed by atoms with Gasteiger partial charge in [-0.15, -0.1) is 0 Å². The number of hydrogen-bond acceptors (Lipinski definition) is 3. The monoisotopic (exact) mass is 225 g/mol. The highest BCUT2D eigenvalue weighted by Crippen LogP contribution is 1.96. The zero-order chi connectivity index (χ0) is 11.6. The van der Waals surface area contributed by atoms with Crippen LogP contribution in [0.4, 0.5) is 0 Å². The number of ether oxygens (including phenoxy) is 1. The molecule has 1 aromatic heterocycles. The van der Waals surface area contributed by atoms with E-state index in [1.807, 2.05) is 18.7 Å². The van der Waals surface area contributed by atoms with Gasteiger partial charge in [0.1, 0.15) is 0 Å². The molecule has 0 aliphatic rings. The van der Waals surface area contributed by atoms with Gasteiger partial charge in [0.15, 0.2) is 0 Å². The fourth-order valence-electron chi connectivity index (χ4n) is 1.67. The molecule has 92 valence electrons. The van der Waals surface area contributed by atoms with Crippen LogP contribution >= 0.6 is 0 Å². The molecule has 1 unspecified atom stereocenters. The van der Waals surface area contributed by atoms with Crippen LogP contribution in [0.5, 0.6) is 0 Å². The van der Waals surface area contributed by atoms with Crippen molar-refractivity contribution in [3.63, 3.8) is 0 Å². The van der Waals surface area contributed by atoms with Crippen molar-refractivity contribution in [2.75, 3.05) is 20.3 Å². The summed E-state index contributed by atoms with van der Waals surface area (Å²) in [4.78, 5) is 4.02. The summed E-state index contributed by atoms with van der Waals surface area (Å²) in [5, 5.41) is 3.50. The Hall–Kier alpha value is -0.870. The van der Waals surface area contributed by atoms with Crippen molar-refractivity contribution in [1.82, 2.24) is 14.9 Å². The lowest BCUT2D eigenvalue weighted by atomic mass is 10.2. The van der Waals surface area contributed by atoms with Crippen LogP contribution in [-0.4, -0.2) is 35.9 Å². The van der Waals surface area contributed by atoms with Crippen LogP contribution in [0.15, 0.2) is 18.7 Å². The second-order valence-electron chi connectivity index (χ2n) is 4.02. The van der Waals surface area contributed by atoms with Gasteiger partial charge in [0, 0.05) is 32.1 Å². The van der Waals surface area contributed by atoms with E-state index in [2.05, 4.69) is 21.8 Å². The van der Waals surface area contributed by atoms with E-state index in [1.165, 1.54) is 12.8 Å². The van der Waals surface area contributed by atoms with Crippen LogP contribution in [0.25, 0.3) is 0 Å². The summed E-state index contributed by atoms with van der Waals surface area (Å²) in [6.45, 7) is 5.11. The zero-order valence-electron chi connectivity index (χ0n) is 10.4. The molecule has 0 spiro atoms. The Morgan fingerprint density at radius 1 is 1.44 bits per heavy atom. The Kier molecular flexibility index (Phi) is 6.85. The van der Waals surface area contributed by atoms with Crippen LogP contribution in [0.2, 0.25) is 0 Å². The SMILES string of the molecule is CCC(COC)NCCCCn1ccnc1. The summed E-state index contributed by atoms with van der Waals surface area (Å²) in [5.41, 5.74) is 0. The molecule has 0 saturated carbocycles. The number of nitrogens with one attached hydrogen (secondary N) is 1. The number of aryl methyl sites for hydroxylation is 1. The lowest BCUT2D eigenvalue weighted by Gasteiger charge is -2.15. The van der Waals surface area contributed by atoms with E-state index in [4.69, 9.17) is 4.74 Å². The number of hydrogen-bond donors (Lipinski definition) is 1. The molecular formula is C12H23N3O. The Labute approximate surface area is 98.0 Å². The van der Waals surface area contributed by atoms with Gasteiger partial charge in [0.05, 0.1) is 12.9 Å². The summed E-state index contributed by atoms with van der Waals surface area (Å²) < 4.78 is 7.25. The zero-order valence-corrected chi connectivity index (χ0v) is 10.4. The first-order valence-electron chi connectivity index (χ1n) is 6.05. The van der Waals surface area contributed by atoms with Crippen LogP contribution in [0, 0.1) is 0 Å². The van der Waals surface area contributed by atoms with Gasteiger partial charge >= 0.3 is 0 Å². The van der Waals surface area contributed by atoms with Gasteiger partial charge in [-0.25, -0.2) is 4.98 Å². The average molecular weight is 225 g/mol. The van der Waals surface area contributed by atoms with Crippen LogP contribution in [-0.2, 0) is 11.3 Å². The number of nitrogens with zero attached hydrogens (tertiary/aromatic N) is 2. The third-order valence-corrected chi connectivity index (χ3v) is 2.70. The van der Waals surface area contributed by atoms with Crippen LogP contribution in [0.1, 0.15) is 26.2 Å². The van der Waals surface area contributed by atoms with Gasteiger partial charge in [-0.2, -0.15) is 0 Å². The van der Waals surface area contributed by atoms with Crippen molar-refractivity contribution >= 4 is 0 Å². The first-order chi connectivity index (χ1) is 7.86. The quantitative estimate of drug-likeness (QED) is 0.650. The highest BCUT2D eigenvalue weighted by atomic mass is 16.5. The predicted octanol–water partition coefficient (Wildman–Crippen LogP) is 1.68. The van der Waals surface area contributed by atoms with E-state index in [0.29, 0.717) is 6.04 Å². The molecule has 1 rings (SSSR count). The summed E-state index contributed by atoms with van der Waals surface area (Å²) in [6, 6.07) is 0.498. The maximum atomic E-state index is 5.14. The van der Waals surface area contributed by atoms with E-state index < -0.39 is 0 Å². The van der Waals surface area contributed by atoms with Crippen LogP contribution in [0.3, 0.4) is 0 Å². The Morgan fingerprint density at radius 2 is 2.31 bits per heavy atom. The van der Waals surface area contributed by atoms with E-state index >= 15 is 0 Å². The molecule has 1 aromatic rings. The molecule has 0 saturated heterocycles. The average Bonchev–Trinajstić information content (AvgIpc) is 2.80. The van der Waals surface area contributed by atoms with E-state index in [9.17, 15) is 0 Å². The second kappa shape index (κ2) is 8.30. The number of unbranched alkanes of at least 4 members (excludes halogenated alkanes) is 1. The topological polar surface area (TPSA) is 39.1 Å². The lowest BCUT2D eigenvalue weighted by molar-refractivity contribution is 0.164. The molecule has 0 aliphatic heterocycles. The smallest absolute Gasteiger partial charge is 0.0945 e. The molecule has 16 heavy (non-hydrogen) atoms.